The zero-order valence-corrected chi connectivity index (χ0v) is 10.2. The molecule has 0 spiro atoms. The number of rotatable bonds is 1. The molecule has 0 saturated carbocycles. The van der Waals surface area contributed by atoms with Gasteiger partial charge in [-0.25, -0.2) is 14.8 Å². The van der Waals surface area contributed by atoms with Gasteiger partial charge in [-0.15, -0.1) is 0 Å². The third-order valence-corrected chi connectivity index (χ3v) is 2.63. The van der Waals surface area contributed by atoms with Crippen LogP contribution in [0, 0.1) is 0 Å². The predicted molar refractivity (Wildman–Crippen MR) is 60.9 cm³/mol. The Morgan fingerprint density at radius 1 is 1.32 bits per heavy atom. The zero-order valence-electron chi connectivity index (χ0n) is 9.45. The summed E-state index contributed by atoms with van der Waals surface area (Å²) in [6.45, 7) is 0. The van der Waals surface area contributed by atoms with Crippen molar-refractivity contribution in [2.45, 2.75) is 6.18 Å². The molecule has 1 heterocycles. The largest absolute Gasteiger partial charge is 0.465 e. The Hall–Kier alpha value is -1.89. The van der Waals surface area contributed by atoms with E-state index in [-0.39, 0.29) is 21.6 Å². The number of alkyl halides is 3. The molecule has 100 valence electrons. The summed E-state index contributed by atoms with van der Waals surface area (Å²) in [6.07, 6.45) is -4.75. The molecular weight excluding hydrogens is 285 g/mol. The van der Waals surface area contributed by atoms with Crippen LogP contribution < -0.4 is 0 Å². The highest BCUT2D eigenvalue weighted by Gasteiger charge is 2.36. The molecule has 1 aromatic heterocycles. The molecule has 0 atom stereocenters. The first-order valence-corrected chi connectivity index (χ1v) is 5.34. The molecule has 1 aromatic carbocycles. The van der Waals surface area contributed by atoms with Crippen molar-refractivity contribution in [2.75, 3.05) is 7.11 Å². The highest BCUT2D eigenvalue weighted by molar-refractivity contribution is 6.34. The predicted octanol–water partition coefficient (Wildman–Crippen LogP) is 3.09. The highest BCUT2D eigenvalue weighted by atomic mass is 35.5. The van der Waals surface area contributed by atoms with Crippen molar-refractivity contribution in [3.63, 3.8) is 0 Å². The third kappa shape index (κ3) is 2.46. The van der Waals surface area contributed by atoms with Crippen molar-refractivity contribution in [3.05, 3.63) is 34.7 Å². The molecule has 0 bridgehead atoms. The lowest BCUT2D eigenvalue weighted by Crippen LogP contribution is -2.13. The van der Waals surface area contributed by atoms with Crippen molar-refractivity contribution in [2.24, 2.45) is 0 Å². The molecule has 0 N–H and O–H groups in total. The number of carbonyl (C=O) groups is 1. The van der Waals surface area contributed by atoms with Gasteiger partial charge in [-0.05, 0) is 12.1 Å². The van der Waals surface area contributed by atoms with Crippen molar-refractivity contribution in [3.8, 4) is 0 Å². The smallest absolute Gasteiger partial charge is 0.451 e. The van der Waals surface area contributed by atoms with Gasteiger partial charge in [0, 0.05) is 5.39 Å². The van der Waals surface area contributed by atoms with Gasteiger partial charge in [0.2, 0.25) is 5.82 Å². The molecule has 0 aliphatic rings. The standard InChI is InChI=1S/C11H6ClF3N2O2/c1-19-9(18)6-4-2-3-5-7(6)16-10(11(13,14)15)17-8(5)12/h2-4H,1H3. The number of esters is 1. The minimum atomic E-state index is -4.75. The van der Waals surface area contributed by atoms with Crippen LogP contribution in [0.1, 0.15) is 16.2 Å². The fraction of sp³-hybridized carbons (Fsp3) is 0.182. The van der Waals surface area contributed by atoms with E-state index in [4.69, 9.17) is 11.6 Å². The minimum Gasteiger partial charge on any atom is -0.465 e. The van der Waals surface area contributed by atoms with Gasteiger partial charge in [0.1, 0.15) is 5.15 Å². The number of nitrogens with zero attached hydrogens (tertiary/aromatic N) is 2. The zero-order chi connectivity index (χ0) is 14.2. The fourth-order valence-corrected chi connectivity index (χ4v) is 1.75. The second-order valence-corrected chi connectivity index (χ2v) is 3.89. The van der Waals surface area contributed by atoms with Crippen LogP contribution >= 0.6 is 11.6 Å². The highest BCUT2D eigenvalue weighted by Crippen LogP contribution is 2.31. The number of benzene rings is 1. The molecule has 4 nitrogen and oxygen atoms in total. The average Bonchev–Trinajstić information content (AvgIpc) is 2.36. The molecule has 0 fully saturated rings. The Balaban J connectivity index is 2.80. The van der Waals surface area contributed by atoms with E-state index in [0.717, 1.165) is 7.11 Å². The van der Waals surface area contributed by atoms with Gasteiger partial charge in [-0.2, -0.15) is 13.2 Å². The number of hydrogen-bond acceptors (Lipinski definition) is 4. The summed E-state index contributed by atoms with van der Waals surface area (Å²) in [4.78, 5) is 18.0. The first kappa shape index (κ1) is 13.5. The Bertz CT molecular complexity index is 658. The number of ether oxygens (including phenoxy) is 1. The van der Waals surface area contributed by atoms with Gasteiger partial charge < -0.3 is 4.74 Å². The van der Waals surface area contributed by atoms with E-state index >= 15 is 0 Å². The SMILES string of the molecule is COC(=O)c1cccc2c(Cl)nc(C(F)(F)F)nc12. The molecule has 8 heteroatoms. The number of halogens is 4. The molecule has 2 aromatic rings. The van der Waals surface area contributed by atoms with Crippen molar-refractivity contribution in [1.82, 2.24) is 9.97 Å². The van der Waals surface area contributed by atoms with Crippen LogP contribution in [0.5, 0.6) is 0 Å². The molecule has 2 rings (SSSR count). The Morgan fingerprint density at radius 2 is 2.00 bits per heavy atom. The summed E-state index contributed by atoms with van der Waals surface area (Å²) in [5.74, 6) is -2.20. The quantitative estimate of drug-likeness (QED) is 0.598. The first-order valence-electron chi connectivity index (χ1n) is 4.96. The van der Waals surface area contributed by atoms with Crippen molar-refractivity contribution >= 4 is 28.5 Å². The molecular formula is C11H6ClF3N2O2. The van der Waals surface area contributed by atoms with E-state index in [2.05, 4.69) is 14.7 Å². The topological polar surface area (TPSA) is 52.1 Å². The van der Waals surface area contributed by atoms with E-state index in [1.54, 1.807) is 0 Å². The maximum absolute atomic E-state index is 12.6. The maximum atomic E-state index is 12.6. The summed E-state index contributed by atoms with van der Waals surface area (Å²) in [7, 11) is 1.12. The van der Waals surface area contributed by atoms with E-state index < -0.39 is 18.0 Å². The summed E-state index contributed by atoms with van der Waals surface area (Å²) in [5, 5.41) is -0.222. The van der Waals surface area contributed by atoms with Gasteiger partial charge in [0.25, 0.3) is 0 Å². The van der Waals surface area contributed by atoms with E-state index in [9.17, 15) is 18.0 Å². The second-order valence-electron chi connectivity index (χ2n) is 3.53. The summed E-state index contributed by atoms with van der Waals surface area (Å²) in [6, 6.07) is 4.18. The number of para-hydroxylation sites is 1. The molecule has 19 heavy (non-hydrogen) atoms. The van der Waals surface area contributed by atoms with E-state index in [1.165, 1.54) is 18.2 Å². The summed E-state index contributed by atoms with van der Waals surface area (Å²) in [5.41, 5.74) is -0.295. The number of carbonyl (C=O) groups excluding carboxylic acids is 1. The number of hydrogen-bond donors (Lipinski definition) is 0. The average molecular weight is 291 g/mol. The van der Waals surface area contributed by atoms with Crippen LogP contribution in [0.15, 0.2) is 18.2 Å². The Morgan fingerprint density at radius 3 is 2.58 bits per heavy atom. The molecule has 0 aliphatic carbocycles. The Kier molecular flexibility index (Phi) is 3.32. The molecule has 0 aliphatic heterocycles. The first-order chi connectivity index (χ1) is 8.84. The lowest BCUT2D eigenvalue weighted by atomic mass is 10.1. The van der Waals surface area contributed by atoms with Gasteiger partial charge in [0.15, 0.2) is 0 Å². The van der Waals surface area contributed by atoms with Gasteiger partial charge in [-0.1, -0.05) is 17.7 Å². The summed E-state index contributed by atoms with van der Waals surface area (Å²) >= 11 is 5.68. The summed E-state index contributed by atoms with van der Waals surface area (Å²) < 4.78 is 42.3. The monoisotopic (exact) mass is 290 g/mol. The molecule has 0 amide bonds. The minimum absolute atomic E-state index is 0.102. The normalized spacial score (nSPS) is 11.6. The lowest BCUT2D eigenvalue weighted by Gasteiger charge is -2.09. The molecule has 0 saturated heterocycles. The number of fused-ring (bicyclic) bond motifs is 1. The van der Waals surface area contributed by atoms with Crippen LogP contribution in [0.2, 0.25) is 5.15 Å². The lowest BCUT2D eigenvalue weighted by molar-refractivity contribution is -0.144. The van der Waals surface area contributed by atoms with Crippen LogP contribution in [0.4, 0.5) is 13.2 Å². The maximum Gasteiger partial charge on any atom is 0.451 e. The van der Waals surface area contributed by atoms with Crippen molar-refractivity contribution < 1.29 is 22.7 Å². The van der Waals surface area contributed by atoms with Crippen LogP contribution in [0.25, 0.3) is 10.9 Å². The Labute approximate surface area is 110 Å². The second kappa shape index (κ2) is 4.65. The fourth-order valence-electron chi connectivity index (χ4n) is 1.52. The third-order valence-electron chi connectivity index (χ3n) is 2.34. The number of aromatic nitrogens is 2. The number of methoxy groups -OCH3 is 1. The van der Waals surface area contributed by atoms with E-state index in [0.29, 0.717) is 0 Å². The van der Waals surface area contributed by atoms with Gasteiger partial charge in [-0.3, -0.25) is 0 Å². The van der Waals surface area contributed by atoms with Crippen molar-refractivity contribution in [1.29, 1.82) is 0 Å². The van der Waals surface area contributed by atoms with E-state index in [1.807, 2.05) is 0 Å². The van der Waals surface area contributed by atoms with Crippen LogP contribution in [0.3, 0.4) is 0 Å². The van der Waals surface area contributed by atoms with Gasteiger partial charge >= 0.3 is 12.1 Å². The molecule has 0 radical (unpaired) electrons. The van der Waals surface area contributed by atoms with Gasteiger partial charge in [0.05, 0.1) is 18.2 Å². The molecule has 0 unspecified atom stereocenters. The van der Waals surface area contributed by atoms with Crippen LogP contribution in [-0.4, -0.2) is 23.0 Å². The van der Waals surface area contributed by atoms with Crippen LogP contribution in [-0.2, 0) is 10.9 Å².